The Kier molecular flexibility index (Phi) is 155. The average molecular weight is 204 g/mol. The summed E-state index contributed by atoms with van der Waals surface area (Å²) in [6, 6.07) is 0. The van der Waals surface area contributed by atoms with E-state index in [0.717, 1.165) is 12.8 Å². The van der Waals surface area contributed by atoms with Crippen molar-refractivity contribution in [3.8, 4) is 0 Å². The zero-order chi connectivity index (χ0) is 7.41. The first-order valence-corrected chi connectivity index (χ1v) is 3.12. The van der Waals surface area contributed by atoms with Gasteiger partial charge in [-0.05, 0) is 0 Å². The van der Waals surface area contributed by atoms with Crippen molar-refractivity contribution in [3.63, 3.8) is 0 Å². The fraction of sp³-hybridized carbons (Fsp3) is 0.625. The largest absolute Gasteiger partial charge is 3.00 e. The Balaban J connectivity index is -0.0000000202. The standard InChI is InChI=1S/2C3H7.C2H5.Y/c2*1-3-2;1-2;/h2*1,3H2,2H3;1H2,2H3;/q3*-1;+3. The van der Waals surface area contributed by atoms with Gasteiger partial charge in [-0.3, -0.25) is 0 Å². The van der Waals surface area contributed by atoms with Crippen LogP contribution in [-0.4, -0.2) is 0 Å². The predicted octanol–water partition coefficient (Wildman–Crippen LogP) is 3.30. The van der Waals surface area contributed by atoms with E-state index in [2.05, 4.69) is 20.8 Å². The molecule has 0 aromatic carbocycles. The summed E-state index contributed by atoms with van der Waals surface area (Å²) >= 11 is 0. The monoisotopic (exact) mass is 204 g/mol. The molecule has 0 saturated carbocycles. The smallest absolute Gasteiger partial charge is 0.346 e. The zero-order valence-electron chi connectivity index (χ0n) is 7.11. The Morgan fingerprint density at radius 3 is 0.889 bits per heavy atom. The minimum Gasteiger partial charge on any atom is -0.346 e. The van der Waals surface area contributed by atoms with Crippen LogP contribution in [0.1, 0.15) is 33.6 Å². The van der Waals surface area contributed by atoms with Crippen molar-refractivity contribution in [1.82, 2.24) is 0 Å². The number of hydrogen-bond donors (Lipinski definition) is 0. The molecule has 9 heavy (non-hydrogen) atoms. The molecular formula is C8H19Y. The molecule has 0 radical (unpaired) electrons. The molecule has 0 aromatic heterocycles. The first kappa shape index (κ1) is 22.5. The molecule has 0 aliphatic rings. The minimum atomic E-state index is 0. The molecule has 0 atom stereocenters. The maximum atomic E-state index is 3.49. The summed E-state index contributed by atoms with van der Waals surface area (Å²) in [5.41, 5.74) is 0. The minimum absolute atomic E-state index is 0. The predicted molar refractivity (Wildman–Crippen MR) is 42.3 cm³/mol. The number of hydrogen-bond acceptors (Lipinski definition) is 0. The van der Waals surface area contributed by atoms with Crippen LogP contribution in [0.2, 0.25) is 0 Å². The van der Waals surface area contributed by atoms with Crippen LogP contribution in [0.3, 0.4) is 0 Å². The Labute approximate surface area is 86.7 Å². The number of rotatable bonds is 0. The van der Waals surface area contributed by atoms with Crippen molar-refractivity contribution < 1.29 is 32.7 Å². The first-order chi connectivity index (χ1) is 3.83. The summed E-state index contributed by atoms with van der Waals surface area (Å²) in [7, 11) is 0. The van der Waals surface area contributed by atoms with E-state index in [-0.39, 0.29) is 32.7 Å². The second kappa shape index (κ2) is 62.1. The first-order valence-electron chi connectivity index (χ1n) is 3.12. The van der Waals surface area contributed by atoms with E-state index in [1.165, 1.54) is 0 Å². The van der Waals surface area contributed by atoms with E-state index < -0.39 is 0 Å². The molecule has 0 nitrogen and oxygen atoms in total. The van der Waals surface area contributed by atoms with Gasteiger partial charge in [-0.2, -0.15) is 19.8 Å². The third-order valence-electron chi connectivity index (χ3n) is 0. The fourth-order valence-electron chi connectivity index (χ4n) is 0. The average Bonchev–Trinajstić information content (AvgIpc) is 1.75. The van der Waals surface area contributed by atoms with Gasteiger partial charge in [0.05, 0.1) is 0 Å². The van der Waals surface area contributed by atoms with Crippen molar-refractivity contribution in [2.24, 2.45) is 0 Å². The molecule has 0 N–H and O–H groups in total. The van der Waals surface area contributed by atoms with Crippen molar-refractivity contribution >= 4 is 0 Å². The third-order valence-corrected chi connectivity index (χ3v) is 0. The van der Waals surface area contributed by atoms with Crippen LogP contribution in [0.25, 0.3) is 0 Å². The molecule has 0 heterocycles. The molecule has 0 aliphatic heterocycles. The van der Waals surface area contributed by atoms with E-state index in [4.69, 9.17) is 0 Å². The van der Waals surface area contributed by atoms with Crippen LogP contribution in [0, 0.1) is 20.8 Å². The van der Waals surface area contributed by atoms with Crippen molar-refractivity contribution in [1.29, 1.82) is 0 Å². The molecule has 0 bridgehead atoms. The Morgan fingerprint density at radius 2 is 0.889 bits per heavy atom. The molecule has 0 amide bonds. The maximum Gasteiger partial charge on any atom is 3.00 e. The summed E-state index contributed by atoms with van der Waals surface area (Å²) in [5, 5.41) is 0. The van der Waals surface area contributed by atoms with E-state index in [1.54, 1.807) is 6.92 Å². The quantitative estimate of drug-likeness (QED) is 0.531. The summed E-state index contributed by atoms with van der Waals surface area (Å²) in [5.74, 6) is 0. The van der Waals surface area contributed by atoms with Gasteiger partial charge in [0.2, 0.25) is 0 Å². The molecule has 1 heteroatoms. The summed E-state index contributed by atoms with van der Waals surface area (Å²) in [6.07, 6.45) is 2.00. The van der Waals surface area contributed by atoms with Gasteiger partial charge in [0.1, 0.15) is 0 Å². The zero-order valence-corrected chi connectivity index (χ0v) is 9.95. The molecule has 0 aromatic rings. The second-order valence-corrected chi connectivity index (χ2v) is 1.000. The molecule has 0 spiro atoms. The summed E-state index contributed by atoms with van der Waals surface area (Å²) < 4.78 is 0. The van der Waals surface area contributed by atoms with Gasteiger partial charge in [-0.25, -0.2) is 0 Å². The van der Waals surface area contributed by atoms with Gasteiger partial charge in [0.25, 0.3) is 0 Å². The van der Waals surface area contributed by atoms with Crippen molar-refractivity contribution in [3.05, 3.63) is 20.8 Å². The molecule has 0 rings (SSSR count). The van der Waals surface area contributed by atoms with Gasteiger partial charge in [0, 0.05) is 0 Å². The van der Waals surface area contributed by atoms with E-state index in [1.807, 2.05) is 13.8 Å². The third kappa shape index (κ3) is 377. The molecule has 0 saturated heterocycles. The van der Waals surface area contributed by atoms with Crippen LogP contribution in [-0.2, 0) is 32.7 Å². The van der Waals surface area contributed by atoms with Gasteiger partial charge < -0.3 is 20.8 Å². The van der Waals surface area contributed by atoms with E-state index in [9.17, 15) is 0 Å². The topological polar surface area (TPSA) is 0 Å². The van der Waals surface area contributed by atoms with Crippen molar-refractivity contribution in [2.45, 2.75) is 33.6 Å². The van der Waals surface area contributed by atoms with E-state index in [0.29, 0.717) is 0 Å². The second-order valence-electron chi connectivity index (χ2n) is 1.000. The summed E-state index contributed by atoms with van der Waals surface area (Å²) in [4.78, 5) is 0. The van der Waals surface area contributed by atoms with Crippen LogP contribution in [0.4, 0.5) is 0 Å². The van der Waals surface area contributed by atoms with Crippen LogP contribution in [0.15, 0.2) is 0 Å². The molecular weight excluding hydrogens is 185 g/mol. The van der Waals surface area contributed by atoms with Crippen LogP contribution in [0.5, 0.6) is 0 Å². The molecule has 0 unspecified atom stereocenters. The molecule has 54 valence electrons. The Morgan fingerprint density at radius 1 is 0.889 bits per heavy atom. The Bertz CT molecular complexity index is 6.53. The van der Waals surface area contributed by atoms with Gasteiger partial charge in [0.15, 0.2) is 0 Å². The SMILES string of the molecule is [CH2-]C.[CH2-]CC.[CH2-]CC.[Y+3]. The molecule has 0 fully saturated rings. The maximum absolute atomic E-state index is 3.49. The van der Waals surface area contributed by atoms with Crippen molar-refractivity contribution in [2.75, 3.05) is 0 Å². The van der Waals surface area contributed by atoms with Crippen LogP contribution >= 0.6 is 0 Å². The van der Waals surface area contributed by atoms with Gasteiger partial charge in [-0.15, -0.1) is 0 Å². The summed E-state index contributed by atoms with van der Waals surface area (Å²) in [6.45, 7) is 16.0. The van der Waals surface area contributed by atoms with Crippen LogP contribution < -0.4 is 0 Å². The van der Waals surface area contributed by atoms with E-state index >= 15 is 0 Å². The van der Waals surface area contributed by atoms with Gasteiger partial charge >= 0.3 is 32.7 Å². The Hall–Kier alpha value is 1.10. The molecule has 0 aliphatic carbocycles. The van der Waals surface area contributed by atoms with Gasteiger partial charge in [-0.1, -0.05) is 13.8 Å². The normalized spacial score (nSPS) is 4.67. The fourth-order valence-corrected chi connectivity index (χ4v) is 0.